The van der Waals surface area contributed by atoms with Crippen LogP contribution in [0.2, 0.25) is 0 Å². The molecule has 0 aliphatic heterocycles. The fourth-order valence-electron chi connectivity index (χ4n) is 4.20. The number of carboxylic acid groups (broad SMARTS) is 1. The predicted octanol–water partition coefficient (Wildman–Crippen LogP) is 4.03. The van der Waals surface area contributed by atoms with Crippen molar-refractivity contribution in [3.8, 4) is 0 Å². The highest BCUT2D eigenvalue weighted by Crippen LogP contribution is 2.27. The SMILES string of the molecule is Cn1nnnc1/C(=N\OCc1cccc(N(CCC2CCCCC2)C(=O)O)n1)c1ccccc1. The number of aryl methyl sites for hydroxylation is 1. The minimum Gasteiger partial charge on any atom is -0.465 e. The predicted molar refractivity (Wildman–Crippen MR) is 126 cm³/mol. The van der Waals surface area contributed by atoms with Gasteiger partial charge in [0.15, 0.2) is 12.3 Å². The summed E-state index contributed by atoms with van der Waals surface area (Å²) in [4.78, 5) is 23.4. The van der Waals surface area contributed by atoms with Gasteiger partial charge >= 0.3 is 6.09 Å². The third-order valence-electron chi connectivity index (χ3n) is 6.03. The number of benzene rings is 1. The van der Waals surface area contributed by atoms with Crippen LogP contribution in [-0.4, -0.2) is 48.6 Å². The Morgan fingerprint density at radius 3 is 2.65 bits per heavy atom. The lowest BCUT2D eigenvalue weighted by Gasteiger charge is -2.25. The molecule has 0 atom stereocenters. The van der Waals surface area contributed by atoms with E-state index in [0.717, 1.165) is 12.0 Å². The van der Waals surface area contributed by atoms with E-state index < -0.39 is 6.09 Å². The number of oxime groups is 1. The summed E-state index contributed by atoms with van der Waals surface area (Å²) in [6, 6.07) is 14.8. The van der Waals surface area contributed by atoms with Gasteiger partial charge in [0.1, 0.15) is 5.82 Å². The van der Waals surface area contributed by atoms with E-state index in [0.29, 0.717) is 35.5 Å². The number of tetrazole rings is 1. The fourth-order valence-corrected chi connectivity index (χ4v) is 4.20. The summed E-state index contributed by atoms with van der Waals surface area (Å²) in [7, 11) is 1.73. The van der Waals surface area contributed by atoms with E-state index in [1.165, 1.54) is 41.7 Å². The Kier molecular flexibility index (Phi) is 7.79. The Labute approximate surface area is 198 Å². The van der Waals surface area contributed by atoms with Crippen LogP contribution in [0, 0.1) is 5.92 Å². The standard InChI is InChI=1S/C24H29N7O3/c1-30-23(26-28-29-30)22(19-11-6-3-7-12-19)27-34-17-20-13-8-14-21(25-20)31(24(32)33)16-15-18-9-4-2-5-10-18/h3,6-8,11-14,18H,2,4-5,9-10,15-17H2,1H3,(H,32,33)/b27-22-. The summed E-state index contributed by atoms with van der Waals surface area (Å²) < 4.78 is 1.52. The van der Waals surface area contributed by atoms with E-state index in [1.54, 1.807) is 25.2 Å². The molecule has 1 saturated carbocycles. The number of amides is 1. The summed E-state index contributed by atoms with van der Waals surface area (Å²) in [6.07, 6.45) is 5.96. The molecule has 1 N–H and O–H groups in total. The zero-order chi connectivity index (χ0) is 23.8. The lowest BCUT2D eigenvalue weighted by atomic mass is 9.87. The fraction of sp³-hybridized carbons (Fsp3) is 0.417. The van der Waals surface area contributed by atoms with Crippen molar-refractivity contribution in [3.05, 3.63) is 65.6 Å². The smallest absolute Gasteiger partial charge is 0.413 e. The van der Waals surface area contributed by atoms with Crippen molar-refractivity contribution in [3.63, 3.8) is 0 Å². The molecule has 10 nitrogen and oxygen atoms in total. The number of hydrogen-bond acceptors (Lipinski definition) is 7. The third kappa shape index (κ3) is 5.94. The number of hydrogen-bond donors (Lipinski definition) is 1. The topological polar surface area (TPSA) is 119 Å². The van der Waals surface area contributed by atoms with Crippen molar-refractivity contribution >= 4 is 17.6 Å². The Bertz CT molecular complexity index is 1110. The second-order valence-electron chi connectivity index (χ2n) is 8.42. The van der Waals surface area contributed by atoms with Crippen molar-refractivity contribution in [1.82, 2.24) is 25.2 Å². The molecule has 1 amide bonds. The molecule has 0 unspecified atom stereocenters. The Morgan fingerprint density at radius 1 is 1.15 bits per heavy atom. The number of pyridine rings is 1. The first kappa shape index (κ1) is 23.3. The van der Waals surface area contributed by atoms with Crippen LogP contribution in [0.5, 0.6) is 0 Å². The molecule has 2 aromatic heterocycles. The van der Waals surface area contributed by atoms with Crippen LogP contribution in [0.15, 0.2) is 53.7 Å². The monoisotopic (exact) mass is 463 g/mol. The van der Waals surface area contributed by atoms with E-state index in [9.17, 15) is 9.90 Å². The molecule has 1 aromatic carbocycles. The molecule has 178 valence electrons. The van der Waals surface area contributed by atoms with Gasteiger partial charge in [-0.3, -0.25) is 4.90 Å². The van der Waals surface area contributed by atoms with Crippen molar-refractivity contribution in [2.75, 3.05) is 11.4 Å². The van der Waals surface area contributed by atoms with Crippen molar-refractivity contribution in [2.45, 2.75) is 45.1 Å². The van der Waals surface area contributed by atoms with Gasteiger partial charge in [-0.25, -0.2) is 14.5 Å². The first-order valence-electron chi connectivity index (χ1n) is 11.6. The summed E-state index contributed by atoms with van der Waals surface area (Å²) in [5, 5.41) is 25.6. The normalized spacial score (nSPS) is 14.7. The maximum Gasteiger partial charge on any atom is 0.413 e. The highest BCUT2D eigenvalue weighted by molar-refractivity contribution is 6.10. The average Bonchev–Trinajstić information content (AvgIpc) is 3.28. The average molecular weight is 464 g/mol. The quantitative estimate of drug-likeness (QED) is 0.376. The summed E-state index contributed by atoms with van der Waals surface area (Å²) in [5.41, 5.74) is 1.87. The van der Waals surface area contributed by atoms with E-state index in [1.807, 2.05) is 30.3 Å². The van der Waals surface area contributed by atoms with Crippen LogP contribution < -0.4 is 4.90 Å². The molecule has 0 radical (unpaired) electrons. The van der Waals surface area contributed by atoms with Gasteiger partial charge in [0.05, 0.1) is 5.69 Å². The first-order valence-corrected chi connectivity index (χ1v) is 11.6. The van der Waals surface area contributed by atoms with Crippen molar-refractivity contribution in [1.29, 1.82) is 0 Å². The van der Waals surface area contributed by atoms with Gasteiger partial charge in [0.2, 0.25) is 5.82 Å². The van der Waals surface area contributed by atoms with Gasteiger partial charge in [0.25, 0.3) is 0 Å². The molecular weight excluding hydrogens is 434 g/mol. The number of carbonyl (C=O) groups is 1. The molecule has 0 saturated heterocycles. The van der Waals surface area contributed by atoms with Gasteiger partial charge in [-0.1, -0.05) is 73.7 Å². The van der Waals surface area contributed by atoms with Gasteiger partial charge < -0.3 is 9.94 Å². The second-order valence-corrected chi connectivity index (χ2v) is 8.42. The highest BCUT2D eigenvalue weighted by atomic mass is 16.6. The minimum absolute atomic E-state index is 0.0749. The van der Waals surface area contributed by atoms with Crippen LogP contribution >= 0.6 is 0 Å². The van der Waals surface area contributed by atoms with Crippen molar-refractivity contribution < 1.29 is 14.7 Å². The van der Waals surface area contributed by atoms with Crippen LogP contribution in [-0.2, 0) is 18.5 Å². The maximum atomic E-state index is 11.9. The van der Waals surface area contributed by atoms with Gasteiger partial charge in [-0.05, 0) is 34.9 Å². The molecule has 1 aliphatic rings. The molecule has 10 heteroatoms. The van der Waals surface area contributed by atoms with Gasteiger partial charge in [-0.15, -0.1) is 5.10 Å². The first-order chi connectivity index (χ1) is 16.6. The Balaban J connectivity index is 1.46. The zero-order valence-electron chi connectivity index (χ0n) is 19.2. The molecule has 3 aromatic rings. The molecule has 0 spiro atoms. The Morgan fingerprint density at radius 2 is 1.94 bits per heavy atom. The molecule has 2 heterocycles. The highest BCUT2D eigenvalue weighted by Gasteiger charge is 2.20. The summed E-state index contributed by atoms with van der Waals surface area (Å²) in [6.45, 7) is 0.512. The number of anilines is 1. The van der Waals surface area contributed by atoms with E-state index in [4.69, 9.17) is 4.84 Å². The Hall–Kier alpha value is -3.82. The maximum absolute atomic E-state index is 11.9. The third-order valence-corrected chi connectivity index (χ3v) is 6.03. The molecule has 4 rings (SSSR count). The van der Waals surface area contributed by atoms with E-state index in [-0.39, 0.29) is 6.61 Å². The molecule has 1 fully saturated rings. The van der Waals surface area contributed by atoms with E-state index >= 15 is 0 Å². The number of aromatic nitrogens is 5. The van der Waals surface area contributed by atoms with Crippen LogP contribution in [0.4, 0.5) is 10.6 Å². The number of nitrogens with zero attached hydrogens (tertiary/aromatic N) is 7. The largest absolute Gasteiger partial charge is 0.465 e. The van der Waals surface area contributed by atoms with Crippen LogP contribution in [0.3, 0.4) is 0 Å². The van der Waals surface area contributed by atoms with E-state index in [2.05, 4.69) is 25.7 Å². The molecule has 0 bridgehead atoms. The zero-order valence-corrected chi connectivity index (χ0v) is 19.2. The van der Waals surface area contributed by atoms with Crippen LogP contribution in [0.25, 0.3) is 0 Å². The summed E-state index contributed by atoms with van der Waals surface area (Å²) >= 11 is 0. The van der Waals surface area contributed by atoms with Gasteiger partial charge in [0, 0.05) is 19.2 Å². The lowest BCUT2D eigenvalue weighted by molar-refractivity contribution is 0.128. The lowest BCUT2D eigenvalue weighted by Crippen LogP contribution is -2.32. The second kappa shape index (κ2) is 11.4. The minimum atomic E-state index is -0.999. The number of rotatable bonds is 9. The molecule has 34 heavy (non-hydrogen) atoms. The van der Waals surface area contributed by atoms with Gasteiger partial charge in [-0.2, -0.15) is 0 Å². The van der Waals surface area contributed by atoms with Crippen LogP contribution in [0.1, 0.15) is 55.6 Å². The summed E-state index contributed by atoms with van der Waals surface area (Å²) in [5.74, 6) is 1.45. The van der Waals surface area contributed by atoms with Crippen molar-refractivity contribution in [2.24, 2.45) is 18.1 Å². The molecule has 1 aliphatic carbocycles. The molecular formula is C24H29N7O3.